The lowest BCUT2D eigenvalue weighted by Gasteiger charge is -2.17. The first-order chi connectivity index (χ1) is 12.7. The number of hydrogen-bond acceptors (Lipinski definition) is 4. The third-order valence-electron chi connectivity index (χ3n) is 4.72. The molecule has 6 heteroatoms. The topological polar surface area (TPSA) is 88.0 Å². The van der Waals surface area contributed by atoms with Crippen LogP contribution in [0.4, 0.5) is 5.69 Å². The van der Waals surface area contributed by atoms with E-state index in [1.807, 2.05) is 24.3 Å². The zero-order valence-electron chi connectivity index (χ0n) is 14.2. The lowest BCUT2D eigenvalue weighted by molar-refractivity contribution is 0.102. The van der Waals surface area contributed by atoms with Crippen molar-refractivity contribution in [2.45, 2.75) is 32.1 Å². The highest BCUT2D eigenvalue weighted by Crippen LogP contribution is 2.23. The predicted octanol–water partition coefficient (Wildman–Crippen LogP) is 3.08. The smallest absolute Gasteiger partial charge is 0.267 e. The molecule has 1 aliphatic carbocycles. The molecule has 0 unspecified atom stereocenters. The van der Waals surface area contributed by atoms with Gasteiger partial charge in [-0.2, -0.15) is 5.10 Å². The van der Waals surface area contributed by atoms with Crippen molar-refractivity contribution in [1.29, 1.82) is 0 Å². The van der Waals surface area contributed by atoms with Gasteiger partial charge in [0.2, 0.25) is 0 Å². The summed E-state index contributed by atoms with van der Waals surface area (Å²) >= 11 is 0. The lowest BCUT2D eigenvalue weighted by Crippen LogP contribution is -2.23. The van der Waals surface area contributed by atoms with Crippen LogP contribution in [0, 0.1) is 0 Å². The number of carbonyl (C=O) groups is 1. The number of nitrogens with one attached hydrogen (secondary N) is 2. The van der Waals surface area contributed by atoms with Crippen molar-refractivity contribution in [1.82, 2.24) is 10.2 Å². The fourth-order valence-electron chi connectivity index (χ4n) is 3.42. The molecule has 0 atom stereocenters. The maximum atomic E-state index is 12.2. The second-order valence-electron chi connectivity index (χ2n) is 6.51. The number of furan rings is 1. The maximum Gasteiger partial charge on any atom is 0.267 e. The molecule has 1 amide bonds. The third-order valence-corrected chi connectivity index (χ3v) is 4.72. The molecule has 0 spiro atoms. The van der Waals surface area contributed by atoms with Crippen molar-refractivity contribution in [3.63, 3.8) is 0 Å². The summed E-state index contributed by atoms with van der Waals surface area (Å²) in [5, 5.41) is 9.77. The molecule has 6 nitrogen and oxygen atoms in total. The number of rotatable bonds is 4. The Morgan fingerprint density at radius 3 is 2.85 bits per heavy atom. The van der Waals surface area contributed by atoms with Gasteiger partial charge < -0.3 is 9.73 Å². The van der Waals surface area contributed by atoms with Gasteiger partial charge in [-0.1, -0.05) is 12.1 Å². The van der Waals surface area contributed by atoms with Crippen LogP contribution in [0.2, 0.25) is 0 Å². The molecule has 132 valence electrons. The van der Waals surface area contributed by atoms with Crippen LogP contribution < -0.4 is 10.9 Å². The molecule has 26 heavy (non-hydrogen) atoms. The van der Waals surface area contributed by atoms with Crippen molar-refractivity contribution in [3.8, 4) is 0 Å². The van der Waals surface area contributed by atoms with Crippen LogP contribution >= 0.6 is 0 Å². The van der Waals surface area contributed by atoms with Crippen LogP contribution in [0.5, 0.6) is 0 Å². The number of hydrogen-bond donors (Lipinski definition) is 2. The van der Waals surface area contributed by atoms with E-state index in [9.17, 15) is 9.59 Å². The highest BCUT2D eigenvalue weighted by Gasteiger charge is 2.18. The summed E-state index contributed by atoms with van der Waals surface area (Å²) in [6, 6.07) is 9.29. The summed E-state index contributed by atoms with van der Waals surface area (Å²) in [5.74, 6) is -0.213. The fraction of sp³-hybridized carbons (Fsp3) is 0.250. The van der Waals surface area contributed by atoms with Crippen molar-refractivity contribution in [2.24, 2.45) is 0 Å². The number of fused-ring (bicyclic) bond motifs is 1. The second kappa shape index (κ2) is 7.00. The molecule has 3 aromatic rings. The summed E-state index contributed by atoms with van der Waals surface area (Å²) < 4.78 is 4.94. The molecular formula is C20H19N3O3. The second-order valence-corrected chi connectivity index (χ2v) is 6.51. The van der Waals surface area contributed by atoms with E-state index in [1.165, 1.54) is 12.5 Å². The Morgan fingerprint density at radius 1 is 1.19 bits per heavy atom. The molecule has 0 aliphatic heterocycles. The van der Waals surface area contributed by atoms with Crippen LogP contribution in [0.3, 0.4) is 0 Å². The van der Waals surface area contributed by atoms with Gasteiger partial charge in [0.15, 0.2) is 0 Å². The molecule has 2 aromatic heterocycles. The SMILES string of the molecule is O=C(Nc1cccc(Cc2n[nH]c(=O)c3c2CCCC3)c1)c1ccoc1. The summed E-state index contributed by atoms with van der Waals surface area (Å²) in [5.41, 5.74) is 5.04. The van der Waals surface area contributed by atoms with Crippen molar-refractivity contribution in [3.05, 3.63) is 81.2 Å². The molecular weight excluding hydrogens is 330 g/mol. The molecule has 2 heterocycles. The molecule has 0 bridgehead atoms. The van der Waals surface area contributed by atoms with Gasteiger partial charge in [-0.3, -0.25) is 9.59 Å². The molecule has 0 fully saturated rings. The summed E-state index contributed by atoms with van der Waals surface area (Å²) in [6.07, 6.45) is 7.36. The number of amides is 1. The number of carbonyl (C=O) groups excluding carboxylic acids is 1. The molecule has 1 aliphatic rings. The zero-order chi connectivity index (χ0) is 17.9. The minimum atomic E-state index is -0.213. The average Bonchev–Trinajstić information content (AvgIpc) is 3.20. The summed E-state index contributed by atoms with van der Waals surface area (Å²) in [4.78, 5) is 24.1. The molecule has 0 radical (unpaired) electrons. The van der Waals surface area contributed by atoms with Gasteiger partial charge in [0.1, 0.15) is 6.26 Å². The first-order valence-electron chi connectivity index (χ1n) is 8.72. The van der Waals surface area contributed by atoms with Gasteiger partial charge in [0.05, 0.1) is 17.5 Å². The zero-order valence-corrected chi connectivity index (χ0v) is 14.2. The Kier molecular flexibility index (Phi) is 4.39. The number of anilines is 1. The minimum Gasteiger partial charge on any atom is -0.472 e. The highest BCUT2D eigenvalue weighted by atomic mass is 16.3. The number of nitrogens with zero attached hydrogens (tertiary/aromatic N) is 1. The Balaban J connectivity index is 1.56. The summed E-state index contributed by atoms with van der Waals surface area (Å²) in [7, 11) is 0. The van der Waals surface area contributed by atoms with E-state index < -0.39 is 0 Å². The van der Waals surface area contributed by atoms with Crippen LogP contribution in [-0.4, -0.2) is 16.1 Å². The standard InChI is InChI=1S/C20H19N3O3/c24-19(14-8-9-26-12-14)21-15-5-3-4-13(10-15)11-18-16-6-1-2-7-17(16)20(25)23-22-18/h3-5,8-10,12H,1-2,6-7,11H2,(H,21,24)(H,23,25). The van der Waals surface area contributed by atoms with E-state index in [0.29, 0.717) is 17.7 Å². The fourth-order valence-corrected chi connectivity index (χ4v) is 3.42. The van der Waals surface area contributed by atoms with Crippen LogP contribution in [0.1, 0.15) is 45.6 Å². The first kappa shape index (κ1) is 16.3. The molecule has 0 saturated heterocycles. The van der Waals surface area contributed by atoms with Crippen molar-refractivity contribution in [2.75, 3.05) is 5.32 Å². The predicted molar refractivity (Wildman–Crippen MR) is 97.4 cm³/mol. The quantitative estimate of drug-likeness (QED) is 0.758. The lowest BCUT2D eigenvalue weighted by atomic mass is 9.90. The Hall–Kier alpha value is -3.15. The van der Waals surface area contributed by atoms with Crippen LogP contribution in [-0.2, 0) is 19.3 Å². The van der Waals surface area contributed by atoms with Gasteiger partial charge in [-0.25, -0.2) is 5.10 Å². The minimum absolute atomic E-state index is 0.0652. The Bertz CT molecular complexity index is 990. The van der Waals surface area contributed by atoms with Crippen molar-refractivity contribution < 1.29 is 9.21 Å². The van der Waals surface area contributed by atoms with E-state index in [2.05, 4.69) is 15.5 Å². The normalized spacial score (nSPS) is 13.2. The monoisotopic (exact) mass is 349 g/mol. The van der Waals surface area contributed by atoms with Gasteiger partial charge in [0, 0.05) is 17.7 Å². The van der Waals surface area contributed by atoms with Gasteiger partial charge in [-0.15, -0.1) is 0 Å². The average molecular weight is 349 g/mol. The molecule has 2 N–H and O–H groups in total. The van der Waals surface area contributed by atoms with E-state index in [4.69, 9.17) is 4.42 Å². The van der Waals surface area contributed by atoms with E-state index in [1.54, 1.807) is 6.07 Å². The van der Waals surface area contributed by atoms with Crippen LogP contribution in [0.15, 0.2) is 52.1 Å². The van der Waals surface area contributed by atoms with Gasteiger partial charge in [0.25, 0.3) is 11.5 Å². The van der Waals surface area contributed by atoms with E-state index >= 15 is 0 Å². The highest BCUT2D eigenvalue weighted by molar-refractivity contribution is 6.04. The molecule has 0 saturated carbocycles. The van der Waals surface area contributed by atoms with Crippen molar-refractivity contribution >= 4 is 11.6 Å². The Labute approximate surface area is 150 Å². The number of H-pyrrole nitrogens is 1. The van der Waals surface area contributed by atoms with E-state index in [0.717, 1.165) is 48.1 Å². The number of benzene rings is 1. The maximum absolute atomic E-state index is 12.2. The molecule has 4 rings (SSSR count). The van der Waals surface area contributed by atoms with E-state index in [-0.39, 0.29) is 11.5 Å². The third kappa shape index (κ3) is 3.31. The van der Waals surface area contributed by atoms with Gasteiger partial charge >= 0.3 is 0 Å². The number of aromatic amines is 1. The van der Waals surface area contributed by atoms with Crippen LogP contribution in [0.25, 0.3) is 0 Å². The first-order valence-corrected chi connectivity index (χ1v) is 8.72. The van der Waals surface area contributed by atoms with Gasteiger partial charge in [-0.05, 0) is 55.0 Å². The number of aromatic nitrogens is 2. The Morgan fingerprint density at radius 2 is 2.04 bits per heavy atom. The largest absolute Gasteiger partial charge is 0.472 e. The molecule has 1 aromatic carbocycles. The summed E-state index contributed by atoms with van der Waals surface area (Å²) in [6.45, 7) is 0.